The van der Waals surface area contributed by atoms with E-state index in [-0.39, 0.29) is 55.9 Å². The molecule has 3 rings (SSSR count). The fourth-order valence-electron chi connectivity index (χ4n) is 3.23. The van der Waals surface area contributed by atoms with E-state index in [1.807, 2.05) is 18.2 Å². The molecule has 32 heavy (non-hydrogen) atoms. The standard InChI is InChI=1S/C23H25FN4O4/c1-2-32-23(31)19-15-20(28(27-19)18-6-4-3-5-7-18)22(30)26-13-12-25-21(29)14-16-8-10-17(24)11-9-16/h3-11,20H,2,12-15H2,1H3,(H,25,29)(H,26,30). The first-order valence-corrected chi connectivity index (χ1v) is 10.4. The third-order valence-electron chi connectivity index (χ3n) is 4.77. The van der Waals surface area contributed by atoms with Crippen LogP contribution in [0.1, 0.15) is 18.9 Å². The maximum Gasteiger partial charge on any atom is 0.354 e. The van der Waals surface area contributed by atoms with Gasteiger partial charge in [-0.3, -0.25) is 14.6 Å². The monoisotopic (exact) mass is 440 g/mol. The van der Waals surface area contributed by atoms with E-state index in [4.69, 9.17) is 4.74 Å². The van der Waals surface area contributed by atoms with Crippen molar-refractivity contribution in [3.05, 3.63) is 66.0 Å². The lowest BCUT2D eigenvalue weighted by Crippen LogP contribution is -2.45. The number of benzene rings is 2. The summed E-state index contributed by atoms with van der Waals surface area (Å²) < 4.78 is 18.0. The highest BCUT2D eigenvalue weighted by Crippen LogP contribution is 2.25. The van der Waals surface area contributed by atoms with Gasteiger partial charge in [0.1, 0.15) is 17.6 Å². The van der Waals surface area contributed by atoms with Crippen molar-refractivity contribution in [1.82, 2.24) is 10.6 Å². The number of hydrogen-bond acceptors (Lipinski definition) is 6. The Morgan fingerprint density at radius 2 is 1.75 bits per heavy atom. The summed E-state index contributed by atoms with van der Waals surface area (Å²) in [5.74, 6) is -1.45. The molecular weight excluding hydrogens is 415 g/mol. The number of nitrogens with one attached hydrogen (secondary N) is 2. The summed E-state index contributed by atoms with van der Waals surface area (Å²) in [5.41, 5.74) is 1.56. The zero-order valence-corrected chi connectivity index (χ0v) is 17.7. The molecule has 0 aliphatic carbocycles. The second kappa shape index (κ2) is 11.0. The molecule has 2 N–H and O–H groups in total. The van der Waals surface area contributed by atoms with Gasteiger partial charge in [-0.1, -0.05) is 30.3 Å². The number of hydrazone groups is 1. The van der Waals surface area contributed by atoms with Crippen LogP contribution in [0.15, 0.2) is 59.7 Å². The molecule has 1 unspecified atom stereocenters. The fraction of sp³-hybridized carbons (Fsp3) is 0.304. The summed E-state index contributed by atoms with van der Waals surface area (Å²) in [5, 5.41) is 11.3. The zero-order chi connectivity index (χ0) is 22.9. The number of hydrogen-bond donors (Lipinski definition) is 2. The highest BCUT2D eigenvalue weighted by molar-refractivity contribution is 6.38. The van der Waals surface area contributed by atoms with E-state index in [0.29, 0.717) is 11.3 Å². The van der Waals surface area contributed by atoms with E-state index in [1.54, 1.807) is 31.2 Å². The van der Waals surface area contributed by atoms with E-state index < -0.39 is 12.0 Å². The molecule has 0 saturated carbocycles. The Balaban J connectivity index is 1.52. The lowest BCUT2D eigenvalue weighted by atomic mass is 10.1. The molecule has 2 aromatic rings. The van der Waals surface area contributed by atoms with Gasteiger partial charge in [-0.2, -0.15) is 5.10 Å². The smallest absolute Gasteiger partial charge is 0.354 e. The van der Waals surface area contributed by atoms with Gasteiger partial charge in [0.05, 0.1) is 18.7 Å². The number of carbonyl (C=O) groups is 3. The average molecular weight is 440 g/mol. The Kier molecular flexibility index (Phi) is 7.91. The van der Waals surface area contributed by atoms with Gasteiger partial charge < -0.3 is 15.4 Å². The molecule has 168 valence electrons. The molecule has 2 aromatic carbocycles. The number of nitrogens with zero attached hydrogens (tertiary/aromatic N) is 2. The highest BCUT2D eigenvalue weighted by Gasteiger charge is 2.36. The predicted molar refractivity (Wildman–Crippen MR) is 118 cm³/mol. The largest absolute Gasteiger partial charge is 0.461 e. The van der Waals surface area contributed by atoms with E-state index in [2.05, 4.69) is 15.7 Å². The van der Waals surface area contributed by atoms with Crippen LogP contribution in [0.25, 0.3) is 0 Å². The summed E-state index contributed by atoms with van der Waals surface area (Å²) in [6, 6.07) is 14.1. The van der Waals surface area contributed by atoms with Crippen molar-refractivity contribution in [2.75, 3.05) is 24.7 Å². The molecule has 0 saturated heterocycles. The minimum atomic E-state index is -0.702. The lowest BCUT2D eigenvalue weighted by molar-refractivity contribution is -0.135. The molecule has 0 aromatic heterocycles. The van der Waals surface area contributed by atoms with Gasteiger partial charge in [0, 0.05) is 19.5 Å². The molecule has 0 spiro atoms. The molecule has 1 aliphatic heterocycles. The molecule has 8 nitrogen and oxygen atoms in total. The molecule has 0 fully saturated rings. The van der Waals surface area contributed by atoms with Crippen molar-refractivity contribution in [2.24, 2.45) is 5.10 Å². The fourth-order valence-corrected chi connectivity index (χ4v) is 3.23. The van der Waals surface area contributed by atoms with Gasteiger partial charge in [-0.15, -0.1) is 0 Å². The van der Waals surface area contributed by atoms with Crippen LogP contribution in [0.2, 0.25) is 0 Å². The third-order valence-corrected chi connectivity index (χ3v) is 4.77. The van der Waals surface area contributed by atoms with Crippen LogP contribution in [0.4, 0.5) is 10.1 Å². The zero-order valence-electron chi connectivity index (χ0n) is 17.7. The van der Waals surface area contributed by atoms with Crippen molar-refractivity contribution in [2.45, 2.75) is 25.8 Å². The highest BCUT2D eigenvalue weighted by atomic mass is 19.1. The van der Waals surface area contributed by atoms with Crippen LogP contribution in [0, 0.1) is 5.82 Å². The van der Waals surface area contributed by atoms with Gasteiger partial charge in [0.2, 0.25) is 11.8 Å². The Labute approximate surface area is 185 Å². The number of amides is 2. The molecule has 0 radical (unpaired) electrons. The number of rotatable bonds is 9. The van der Waals surface area contributed by atoms with E-state index in [0.717, 1.165) is 0 Å². The maximum absolute atomic E-state index is 12.9. The Hall–Kier alpha value is -3.75. The van der Waals surface area contributed by atoms with Crippen LogP contribution in [0.3, 0.4) is 0 Å². The van der Waals surface area contributed by atoms with Gasteiger partial charge in [-0.05, 0) is 36.8 Å². The average Bonchev–Trinajstić information content (AvgIpc) is 3.25. The number of ether oxygens (including phenoxy) is 1. The van der Waals surface area contributed by atoms with E-state index >= 15 is 0 Å². The van der Waals surface area contributed by atoms with Gasteiger partial charge in [0.15, 0.2) is 0 Å². The number of anilines is 1. The first-order valence-electron chi connectivity index (χ1n) is 10.4. The van der Waals surface area contributed by atoms with Crippen molar-refractivity contribution in [3.63, 3.8) is 0 Å². The first-order chi connectivity index (χ1) is 15.5. The first kappa shape index (κ1) is 22.9. The van der Waals surface area contributed by atoms with Crippen LogP contribution < -0.4 is 15.6 Å². The van der Waals surface area contributed by atoms with Crippen molar-refractivity contribution in [1.29, 1.82) is 0 Å². The topological polar surface area (TPSA) is 100 Å². The Bertz CT molecular complexity index is 979. The minimum absolute atomic E-state index is 0.120. The van der Waals surface area contributed by atoms with Crippen LogP contribution in [-0.4, -0.2) is 49.2 Å². The molecule has 1 heterocycles. The molecule has 9 heteroatoms. The number of carbonyl (C=O) groups excluding carboxylic acids is 3. The van der Waals surface area contributed by atoms with Gasteiger partial charge >= 0.3 is 5.97 Å². The molecule has 0 bridgehead atoms. The number of esters is 1. The van der Waals surface area contributed by atoms with Gasteiger partial charge in [0.25, 0.3) is 0 Å². The van der Waals surface area contributed by atoms with E-state index in [9.17, 15) is 18.8 Å². The minimum Gasteiger partial charge on any atom is -0.461 e. The molecule has 1 aliphatic rings. The second-order valence-electron chi connectivity index (χ2n) is 7.11. The van der Waals surface area contributed by atoms with Crippen molar-refractivity contribution in [3.8, 4) is 0 Å². The van der Waals surface area contributed by atoms with Crippen LogP contribution in [0.5, 0.6) is 0 Å². The lowest BCUT2D eigenvalue weighted by Gasteiger charge is -2.22. The quantitative estimate of drug-likeness (QED) is 0.458. The molecular formula is C23H25FN4O4. The summed E-state index contributed by atoms with van der Waals surface area (Å²) in [6.07, 6.45) is 0.242. The molecule has 2 amide bonds. The third kappa shape index (κ3) is 6.13. The summed E-state index contributed by atoms with van der Waals surface area (Å²) in [4.78, 5) is 36.9. The van der Waals surface area contributed by atoms with Crippen molar-refractivity contribution >= 4 is 29.2 Å². The number of para-hydroxylation sites is 1. The van der Waals surface area contributed by atoms with Crippen molar-refractivity contribution < 1.29 is 23.5 Å². The van der Waals surface area contributed by atoms with Crippen LogP contribution >= 0.6 is 0 Å². The summed E-state index contributed by atoms with van der Waals surface area (Å²) in [6.45, 7) is 2.37. The second-order valence-corrected chi connectivity index (χ2v) is 7.11. The molecule has 1 atom stereocenters. The normalized spacial score (nSPS) is 15.1. The predicted octanol–water partition coefficient (Wildman–Crippen LogP) is 1.80. The summed E-state index contributed by atoms with van der Waals surface area (Å²) in [7, 11) is 0. The maximum atomic E-state index is 12.9. The number of halogens is 1. The summed E-state index contributed by atoms with van der Waals surface area (Å²) >= 11 is 0. The van der Waals surface area contributed by atoms with Crippen LogP contribution in [-0.2, 0) is 25.5 Å². The van der Waals surface area contributed by atoms with Gasteiger partial charge in [-0.25, -0.2) is 9.18 Å². The SMILES string of the molecule is CCOC(=O)C1=NN(c2ccccc2)C(C(=O)NCCNC(=O)Cc2ccc(F)cc2)C1. The Morgan fingerprint density at radius 3 is 2.44 bits per heavy atom. The van der Waals surface area contributed by atoms with E-state index in [1.165, 1.54) is 17.1 Å². The Morgan fingerprint density at radius 1 is 1.06 bits per heavy atom.